The van der Waals surface area contributed by atoms with E-state index in [1.807, 2.05) is 0 Å². The number of hydrogen-bond acceptors (Lipinski definition) is 7. The van der Waals surface area contributed by atoms with Crippen LogP contribution >= 0.6 is 0 Å². The zero-order valence-electron chi connectivity index (χ0n) is 9.35. The second kappa shape index (κ2) is 4.49. The van der Waals surface area contributed by atoms with Crippen LogP contribution < -0.4 is 11.4 Å². The van der Waals surface area contributed by atoms with Gasteiger partial charge in [-0.05, 0) is 6.07 Å². The molecule has 19 heavy (non-hydrogen) atoms. The molecule has 106 valence electrons. The number of halogens is 2. The van der Waals surface area contributed by atoms with Gasteiger partial charge in [-0.1, -0.05) is 0 Å². The number of anilines is 1. The summed E-state index contributed by atoms with van der Waals surface area (Å²) in [6, 6.07) is 1.19. The Morgan fingerprint density at radius 3 is 2.53 bits per heavy atom. The molecule has 0 spiro atoms. The lowest BCUT2D eigenvalue weighted by Crippen LogP contribution is -2.43. The molecule has 5 N–H and O–H groups in total. The number of nitrogens with two attached hydrogens (primary N) is 1. The first kappa shape index (κ1) is 13.8. The lowest BCUT2D eigenvalue weighted by molar-refractivity contribution is -0.282. The summed E-state index contributed by atoms with van der Waals surface area (Å²) >= 11 is 0. The molecule has 2 rings (SSSR count). The fourth-order valence-electron chi connectivity index (χ4n) is 1.80. The first-order chi connectivity index (χ1) is 8.71. The van der Waals surface area contributed by atoms with Crippen molar-refractivity contribution in [3.8, 4) is 0 Å². The number of alkyl halides is 2. The predicted molar refractivity (Wildman–Crippen MR) is 56.0 cm³/mol. The van der Waals surface area contributed by atoms with Gasteiger partial charge in [-0.3, -0.25) is 4.57 Å². The molecule has 0 aromatic carbocycles. The Morgan fingerprint density at radius 1 is 1.42 bits per heavy atom. The van der Waals surface area contributed by atoms with Crippen LogP contribution in [-0.2, 0) is 4.74 Å². The Morgan fingerprint density at radius 2 is 2.05 bits per heavy atom. The molecular formula is C9H11F2N3O5. The summed E-state index contributed by atoms with van der Waals surface area (Å²) in [6.45, 7) is 0. The van der Waals surface area contributed by atoms with E-state index in [0.29, 0.717) is 4.57 Å². The maximum Gasteiger partial charge on any atom is 0.382 e. The van der Waals surface area contributed by atoms with Crippen molar-refractivity contribution in [3.63, 3.8) is 0 Å². The van der Waals surface area contributed by atoms with Gasteiger partial charge in [0.25, 0.3) is 0 Å². The summed E-state index contributed by atoms with van der Waals surface area (Å²) in [4.78, 5) is 14.8. The number of ether oxygens (including phenoxy) is 1. The molecule has 1 aliphatic rings. The van der Waals surface area contributed by atoms with Gasteiger partial charge in [0.1, 0.15) is 18.0 Å². The summed E-state index contributed by atoms with van der Waals surface area (Å²) < 4.78 is 30.8. The van der Waals surface area contributed by atoms with Crippen LogP contribution in [0.15, 0.2) is 17.1 Å². The average molecular weight is 279 g/mol. The lowest BCUT2D eigenvalue weighted by Gasteiger charge is -2.19. The van der Waals surface area contributed by atoms with Gasteiger partial charge in [0, 0.05) is 6.20 Å². The normalized spacial score (nSPS) is 31.6. The Balaban J connectivity index is 2.34. The van der Waals surface area contributed by atoms with E-state index in [-0.39, 0.29) is 5.82 Å². The van der Waals surface area contributed by atoms with E-state index in [1.54, 1.807) is 0 Å². The molecule has 0 amide bonds. The van der Waals surface area contributed by atoms with Crippen molar-refractivity contribution >= 4 is 5.82 Å². The smallest absolute Gasteiger partial charge is 0.382 e. The number of aliphatic hydroxyl groups is 3. The minimum atomic E-state index is -4.36. The Bertz CT molecular complexity index is 531. The fraction of sp³-hybridized carbons (Fsp3) is 0.556. The number of rotatable bonds is 2. The van der Waals surface area contributed by atoms with Crippen LogP contribution in [0.3, 0.4) is 0 Å². The topological polar surface area (TPSA) is 131 Å². The Labute approximate surface area is 104 Å². The molecule has 1 aliphatic heterocycles. The van der Waals surface area contributed by atoms with E-state index < -0.39 is 36.3 Å². The number of aliphatic hydroxyl groups excluding tert-OH is 2. The third kappa shape index (κ3) is 2.42. The average Bonchev–Trinajstić information content (AvgIpc) is 2.56. The molecule has 4 atom stereocenters. The van der Waals surface area contributed by atoms with Crippen molar-refractivity contribution in [1.29, 1.82) is 0 Å². The highest BCUT2D eigenvalue weighted by Crippen LogP contribution is 2.35. The largest absolute Gasteiger partial charge is 0.387 e. The van der Waals surface area contributed by atoms with E-state index >= 15 is 0 Å². The van der Waals surface area contributed by atoms with E-state index in [9.17, 15) is 23.8 Å². The predicted octanol–water partition coefficient (Wildman–Crippen LogP) is -1.97. The summed E-state index contributed by atoms with van der Waals surface area (Å²) in [7, 11) is 0. The van der Waals surface area contributed by atoms with Crippen molar-refractivity contribution in [2.45, 2.75) is 30.6 Å². The van der Waals surface area contributed by atoms with Crippen molar-refractivity contribution < 1.29 is 28.8 Å². The van der Waals surface area contributed by atoms with Gasteiger partial charge >= 0.3 is 11.8 Å². The van der Waals surface area contributed by atoms with Gasteiger partial charge in [-0.15, -0.1) is 0 Å². The van der Waals surface area contributed by atoms with Crippen LogP contribution in [0.2, 0.25) is 0 Å². The molecule has 0 unspecified atom stereocenters. The van der Waals surface area contributed by atoms with E-state index in [0.717, 1.165) is 6.20 Å². The minimum Gasteiger partial charge on any atom is -0.387 e. The third-order valence-corrected chi connectivity index (χ3v) is 2.71. The zero-order chi connectivity index (χ0) is 14.4. The number of nitrogen functional groups attached to an aromatic ring is 1. The molecule has 1 fully saturated rings. The van der Waals surface area contributed by atoms with Crippen molar-refractivity contribution in [2.75, 3.05) is 5.73 Å². The van der Waals surface area contributed by atoms with Crippen LogP contribution in [-0.4, -0.2) is 49.3 Å². The number of nitrogens with zero attached hydrogens (tertiary/aromatic N) is 2. The van der Waals surface area contributed by atoms with Gasteiger partial charge in [0.2, 0.25) is 0 Å². The van der Waals surface area contributed by atoms with Gasteiger partial charge in [-0.25, -0.2) is 4.79 Å². The molecule has 1 aromatic rings. The van der Waals surface area contributed by atoms with Crippen LogP contribution in [0.1, 0.15) is 6.23 Å². The van der Waals surface area contributed by atoms with Crippen LogP contribution in [0.25, 0.3) is 0 Å². The molecule has 2 heterocycles. The molecule has 0 radical (unpaired) electrons. The van der Waals surface area contributed by atoms with Crippen molar-refractivity contribution in [2.24, 2.45) is 0 Å². The van der Waals surface area contributed by atoms with Crippen LogP contribution in [0, 0.1) is 0 Å². The molecule has 0 aliphatic carbocycles. The van der Waals surface area contributed by atoms with Crippen LogP contribution in [0.4, 0.5) is 14.6 Å². The lowest BCUT2D eigenvalue weighted by atomic mass is 10.1. The second-order valence-corrected chi connectivity index (χ2v) is 4.06. The highest BCUT2D eigenvalue weighted by molar-refractivity contribution is 5.23. The minimum absolute atomic E-state index is 0.0988. The van der Waals surface area contributed by atoms with E-state index in [1.165, 1.54) is 6.07 Å². The van der Waals surface area contributed by atoms with Gasteiger partial charge in [0.05, 0.1) is 0 Å². The first-order valence-corrected chi connectivity index (χ1v) is 5.18. The highest BCUT2D eigenvalue weighted by Gasteiger charge is 2.55. The van der Waals surface area contributed by atoms with E-state index in [4.69, 9.17) is 10.8 Å². The van der Waals surface area contributed by atoms with Gasteiger partial charge in [-0.2, -0.15) is 13.8 Å². The SMILES string of the molecule is Nc1ccn([C@@H]2O[C@H](C(O)(F)F)[C@@H](O)[C@H]2O)c(=O)n1. The molecule has 1 aromatic heterocycles. The molecule has 0 saturated carbocycles. The summed E-state index contributed by atoms with van der Waals surface area (Å²) in [5.41, 5.74) is 4.30. The molecule has 10 heteroatoms. The Hall–Kier alpha value is -1.62. The summed E-state index contributed by atoms with van der Waals surface area (Å²) in [5.74, 6) is -0.0988. The fourth-order valence-corrected chi connectivity index (χ4v) is 1.80. The van der Waals surface area contributed by atoms with Crippen molar-refractivity contribution in [1.82, 2.24) is 9.55 Å². The van der Waals surface area contributed by atoms with E-state index in [2.05, 4.69) is 9.72 Å². The highest BCUT2D eigenvalue weighted by atomic mass is 19.3. The maximum absolute atomic E-state index is 12.7. The van der Waals surface area contributed by atoms with Gasteiger partial charge < -0.3 is 25.8 Å². The second-order valence-electron chi connectivity index (χ2n) is 4.06. The maximum atomic E-state index is 12.7. The monoisotopic (exact) mass is 279 g/mol. The molecule has 0 bridgehead atoms. The van der Waals surface area contributed by atoms with Gasteiger partial charge in [0.15, 0.2) is 12.3 Å². The summed E-state index contributed by atoms with van der Waals surface area (Å²) in [5, 5.41) is 27.5. The van der Waals surface area contributed by atoms with Crippen molar-refractivity contribution in [3.05, 3.63) is 22.7 Å². The number of aromatic nitrogens is 2. The molecule has 8 nitrogen and oxygen atoms in total. The Kier molecular flexibility index (Phi) is 3.26. The number of hydrogen-bond donors (Lipinski definition) is 4. The quantitative estimate of drug-likeness (QED) is 0.494. The summed E-state index contributed by atoms with van der Waals surface area (Å²) in [6.07, 6.45) is -11.1. The zero-order valence-corrected chi connectivity index (χ0v) is 9.35. The standard InChI is InChI=1S/C9H11F2N3O5/c10-9(11,18)6-4(15)5(16)7(19-6)14-2-1-3(12)13-8(14)17/h1-2,4-7,15-16,18H,(H2,12,13,17)/t4-,5+,6-,7+/m0/s1. The first-order valence-electron chi connectivity index (χ1n) is 5.18. The van der Waals surface area contributed by atoms with Crippen LogP contribution in [0.5, 0.6) is 0 Å². The third-order valence-electron chi connectivity index (χ3n) is 2.71. The molecular weight excluding hydrogens is 268 g/mol. The molecule has 1 saturated heterocycles.